The van der Waals surface area contributed by atoms with Crippen molar-refractivity contribution in [3.05, 3.63) is 35.4 Å². The van der Waals surface area contributed by atoms with E-state index in [1.807, 2.05) is 31.2 Å². The van der Waals surface area contributed by atoms with Crippen LogP contribution in [0, 0.1) is 0 Å². The summed E-state index contributed by atoms with van der Waals surface area (Å²) in [7, 11) is 1.51. The second kappa shape index (κ2) is 6.66. The van der Waals surface area contributed by atoms with E-state index in [9.17, 15) is 4.39 Å². The average Bonchev–Trinajstić information content (AvgIpc) is 2.39. The number of halogens is 1. The molecule has 0 aliphatic rings. The van der Waals surface area contributed by atoms with Gasteiger partial charge >= 0.3 is 0 Å². The molecule has 0 saturated heterocycles. The molecular weight excluding hydrogens is 223 g/mol. The summed E-state index contributed by atoms with van der Waals surface area (Å²) in [5, 5.41) is 8.79. The number of hydroxylamine groups is 1. The second-order valence-electron chi connectivity index (χ2n) is 3.99. The molecule has 1 rings (SSSR count). The van der Waals surface area contributed by atoms with E-state index in [2.05, 4.69) is 5.48 Å². The summed E-state index contributed by atoms with van der Waals surface area (Å²) in [4.78, 5) is 0. The maximum Gasteiger partial charge on any atom is 0.107 e. The van der Waals surface area contributed by atoms with Crippen molar-refractivity contribution in [2.45, 2.75) is 25.1 Å². The Morgan fingerprint density at radius 2 is 1.88 bits per heavy atom. The molecule has 5 heteroatoms. The number of rotatable bonds is 6. The summed E-state index contributed by atoms with van der Waals surface area (Å²) in [5.74, 6) is 0. The lowest BCUT2D eigenvalue weighted by Crippen LogP contribution is -2.31. The Morgan fingerprint density at radius 3 is 2.29 bits per heavy atom. The topological polar surface area (TPSA) is 67.5 Å². The van der Waals surface area contributed by atoms with Crippen LogP contribution in [0.2, 0.25) is 0 Å². The van der Waals surface area contributed by atoms with Gasteiger partial charge < -0.3 is 15.7 Å². The van der Waals surface area contributed by atoms with Crippen LogP contribution in [0.25, 0.3) is 0 Å². The molecule has 1 aromatic carbocycles. The van der Waals surface area contributed by atoms with Crippen LogP contribution in [0.1, 0.15) is 30.2 Å². The number of nitrogens with one attached hydrogen (secondary N) is 1. The maximum absolute atomic E-state index is 12.5. The number of ether oxygens (including phenoxy) is 1. The molecule has 0 spiro atoms. The highest BCUT2D eigenvalue weighted by molar-refractivity contribution is 5.26. The lowest BCUT2D eigenvalue weighted by Gasteiger charge is -2.21. The van der Waals surface area contributed by atoms with Gasteiger partial charge in [-0.15, -0.1) is 0 Å². The molecule has 0 aliphatic heterocycles. The number of hydrogen-bond acceptors (Lipinski definition) is 4. The summed E-state index contributed by atoms with van der Waals surface area (Å²) >= 11 is 0. The number of alkyl halides is 1. The third-order valence-corrected chi connectivity index (χ3v) is 2.78. The lowest BCUT2D eigenvalue weighted by atomic mass is 10.00. The van der Waals surface area contributed by atoms with E-state index in [-0.39, 0.29) is 6.04 Å². The highest BCUT2D eigenvalue weighted by Crippen LogP contribution is 2.22. The Hall–Kier alpha value is -1.01. The molecule has 0 heterocycles. The van der Waals surface area contributed by atoms with Crippen molar-refractivity contribution in [1.29, 1.82) is 0 Å². The number of benzene rings is 1. The monoisotopic (exact) mass is 242 g/mol. The lowest BCUT2D eigenvalue weighted by molar-refractivity contribution is 0.0720. The van der Waals surface area contributed by atoms with Crippen LogP contribution in [0.5, 0.6) is 0 Å². The largest absolute Gasteiger partial charge is 0.375 e. The summed E-state index contributed by atoms with van der Waals surface area (Å²) in [5.41, 5.74) is 9.55. The van der Waals surface area contributed by atoms with Gasteiger partial charge in [-0.3, -0.25) is 0 Å². The van der Waals surface area contributed by atoms with Gasteiger partial charge in [-0.1, -0.05) is 24.3 Å². The van der Waals surface area contributed by atoms with Crippen LogP contribution in [0.15, 0.2) is 24.3 Å². The molecule has 96 valence electrons. The minimum atomic E-state index is -0.667. The van der Waals surface area contributed by atoms with E-state index in [1.165, 1.54) is 7.11 Å². The van der Waals surface area contributed by atoms with Crippen molar-refractivity contribution in [1.82, 2.24) is 5.48 Å². The molecule has 3 unspecified atom stereocenters. The van der Waals surface area contributed by atoms with Gasteiger partial charge in [0.15, 0.2) is 0 Å². The summed E-state index contributed by atoms with van der Waals surface area (Å²) < 4.78 is 17.7. The summed E-state index contributed by atoms with van der Waals surface area (Å²) in [6.07, 6.45) is -0.452. The predicted molar refractivity (Wildman–Crippen MR) is 63.5 cm³/mol. The van der Waals surface area contributed by atoms with Crippen molar-refractivity contribution in [2.75, 3.05) is 13.8 Å². The predicted octanol–water partition coefficient (Wildman–Crippen LogP) is 1.71. The fourth-order valence-corrected chi connectivity index (χ4v) is 1.69. The fourth-order valence-electron chi connectivity index (χ4n) is 1.69. The van der Waals surface area contributed by atoms with Gasteiger partial charge in [0.1, 0.15) is 6.67 Å². The minimum Gasteiger partial charge on any atom is -0.375 e. The molecule has 0 aromatic heterocycles. The van der Waals surface area contributed by atoms with E-state index in [0.29, 0.717) is 0 Å². The molecular formula is C12H19FN2O2. The minimum absolute atomic E-state index is 0.153. The molecule has 3 atom stereocenters. The number of hydrogen-bond donors (Lipinski definition) is 3. The van der Waals surface area contributed by atoms with Crippen LogP contribution >= 0.6 is 0 Å². The third-order valence-electron chi connectivity index (χ3n) is 2.78. The van der Waals surface area contributed by atoms with Crippen LogP contribution in [-0.4, -0.2) is 25.0 Å². The van der Waals surface area contributed by atoms with E-state index in [4.69, 9.17) is 15.7 Å². The van der Waals surface area contributed by atoms with E-state index < -0.39 is 18.8 Å². The molecule has 17 heavy (non-hydrogen) atoms. The van der Waals surface area contributed by atoms with E-state index >= 15 is 0 Å². The Labute approximate surface area is 101 Å². The van der Waals surface area contributed by atoms with Gasteiger partial charge in [0.05, 0.1) is 18.2 Å². The molecule has 0 radical (unpaired) electrons. The Morgan fingerprint density at radius 1 is 1.35 bits per heavy atom. The highest BCUT2D eigenvalue weighted by Gasteiger charge is 2.19. The summed E-state index contributed by atoms with van der Waals surface area (Å²) in [6.45, 7) is 1.20. The third kappa shape index (κ3) is 3.47. The van der Waals surface area contributed by atoms with Crippen molar-refractivity contribution in [3.8, 4) is 0 Å². The van der Waals surface area contributed by atoms with Crippen molar-refractivity contribution in [2.24, 2.45) is 5.73 Å². The smallest absolute Gasteiger partial charge is 0.107 e. The van der Waals surface area contributed by atoms with Gasteiger partial charge in [-0.2, -0.15) is 5.48 Å². The Bertz CT molecular complexity index is 332. The second-order valence-corrected chi connectivity index (χ2v) is 3.99. The van der Waals surface area contributed by atoms with Crippen molar-refractivity contribution < 1.29 is 14.3 Å². The highest BCUT2D eigenvalue weighted by atomic mass is 19.1. The van der Waals surface area contributed by atoms with Crippen molar-refractivity contribution in [3.63, 3.8) is 0 Å². The first-order chi connectivity index (χ1) is 8.13. The zero-order chi connectivity index (χ0) is 12.8. The first-order valence-electron chi connectivity index (χ1n) is 5.47. The molecule has 0 saturated carbocycles. The standard InChI is InChI=1S/C12H19FN2O2/c1-8(15-16)9-3-5-10(6-4-9)12(17-2)11(14)7-13/h3-6,8,11-12,15-16H,7,14H2,1-2H3. The van der Waals surface area contributed by atoms with Gasteiger partial charge in [-0.25, -0.2) is 4.39 Å². The van der Waals surface area contributed by atoms with Gasteiger partial charge in [0.25, 0.3) is 0 Å². The zero-order valence-electron chi connectivity index (χ0n) is 10.1. The average molecular weight is 242 g/mol. The Kier molecular flexibility index (Phi) is 5.50. The Balaban J connectivity index is 2.85. The molecule has 4 nitrogen and oxygen atoms in total. The van der Waals surface area contributed by atoms with Gasteiger partial charge in [0.2, 0.25) is 0 Å². The van der Waals surface area contributed by atoms with E-state index in [0.717, 1.165) is 11.1 Å². The van der Waals surface area contributed by atoms with Crippen LogP contribution in [0.3, 0.4) is 0 Å². The van der Waals surface area contributed by atoms with Gasteiger partial charge in [0, 0.05) is 7.11 Å². The molecule has 0 bridgehead atoms. The first-order valence-corrected chi connectivity index (χ1v) is 5.47. The molecule has 4 N–H and O–H groups in total. The number of nitrogens with two attached hydrogens (primary N) is 1. The van der Waals surface area contributed by atoms with Gasteiger partial charge in [-0.05, 0) is 18.1 Å². The van der Waals surface area contributed by atoms with Crippen LogP contribution < -0.4 is 11.2 Å². The molecule has 0 amide bonds. The SMILES string of the molecule is COC(c1ccc(C(C)NO)cc1)C(N)CF. The van der Waals surface area contributed by atoms with Crippen LogP contribution in [-0.2, 0) is 4.74 Å². The van der Waals surface area contributed by atoms with Crippen LogP contribution in [0.4, 0.5) is 4.39 Å². The number of methoxy groups -OCH3 is 1. The molecule has 0 fully saturated rings. The maximum atomic E-state index is 12.5. The normalized spacial score (nSPS) is 16.5. The quantitative estimate of drug-likeness (QED) is 0.664. The zero-order valence-corrected chi connectivity index (χ0v) is 10.1. The molecule has 0 aliphatic carbocycles. The van der Waals surface area contributed by atoms with E-state index in [1.54, 1.807) is 0 Å². The first kappa shape index (κ1) is 14.1. The van der Waals surface area contributed by atoms with Crippen molar-refractivity contribution >= 4 is 0 Å². The molecule has 1 aromatic rings. The summed E-state index contributed by atoms with van der Waals surface area (Å²) in [6, 6.07) is 6.53. The fraction of sp³-hybridized carbons (Fsp3) is 0.500.